The molecule has 0 aliphatic rings. The maximum atomic E-state index is 13.7. The molecule has 0 aliphatic heterocycles. The molecule has 112 valence electrons. The van der Waals surface area contributed by atoms with Gasteiger partial charge in [-0.05, 0) is 31.5 Å². The summed E-state index contributed by atoms with van der Waals surface area (Å²) in [6.07, 6.45) is 0. The summed E-state index contributed by atoms with van der Waals surface area (Å²) in [5.41, 5.74) is 8.64. The summed E-state index contributed by atoms with van der Waals surface area (Å²) >= 11 is 0. The number of sulfone groups is 1. The van der Waals surface area contributed by atoms with Crippen LogP contribution in [0.25, 0.3) is 0 Å². The fourth-order valence-electron chi connectivity index (χ4n) is 2.37. The highest BCUT2D eigenvalue weighted by atomic mass is 32.2. The van der Waals surface area contributed by atoms with Crippen molar-refractivity contribution in [1.82, 2.24) is 0 Å². The van der Waals surface area contributed by atoms with Gasteiger partial charge in [0.15, 0.2) is 9.84 Å². The van der Waals surface area contributed by atoms with Crippen LogP contribution in [0.2, 0.25) is 0 Å². The highest BCUT2D eigenvalue weighted by Crippen LogP contribution is 2.18. The van der Waals surface area contributed by atoms with Crippen LogP contribution < -0.4 is 5.73 Å². The van der Waals surface area contributed by atoms with Crippen molar-refractivity contribution in [2.45, 2.75) is 25.4 Å². The Morgan fingerprint density at radius 3 is 2.19 bits per heavy atom. The number of halogens is 1. The van der Waals surface area contributed by atoms with Crippen molar-refractivity contribution in [3.05, 3.63) is 64.5 Å². The summed E-state index contributed by atoms with van der Waals surface area (Å²) in [5, 5.41) is 0. The van der Waals surface area contributed by atoms with E-state index in [9.17, 15) is 12.8 Å². The molecule has 0 fully saturated rings. The number of rotatable bonds is 4. The summed E-state index contributed by atoms with van der Waals surface area (Å²) in [7, 11) is -3.44. The summed E-state index contributed by atoms with van der Waals surface area (Å²) in [4.78, 5) is 0. The van der Waals surface area contributed by atoms with E-state index in [-0.39, 0.29) is 22.8 Å². The first-order chi connectivity index (χ1) is 9.75. The van der Waals surface area contributed by atoms with E-state index in [0.29, 0.717) is 0 Å². The smallest absolute Gasteiger partial charge is 0.158 e. The number of aryl methyl sites for hydroxylation is 2. The van der Waals surface area contributed by atoms with Crippen LogP contribution in [-0.2, 0) is 21.3 Å². The van der Waals surface area contributed by atoms with E-state index in [0.717, 1.165) is 22.8 Å². The first-order valence-corrected chi connectivity index (χ1v) is 8.39. The summed E-state index contributed by atoms with van der Waals surface area (Å²) in [5.74, 6) is -1.01. The molecule has 0 bridgehead atoms. The Bertz CT molecular complexity index is 750. The molecule has 0 heterocycles. The molecule has 2 aromatic carbocycles. The predicted molar refractivity (Wildman–Crippen MR) is 83.1 cm³/mol. The molecular formula is C16H18FNO2S. The van der Waals surface area contributed by atoms with E-state index in [4.69, 9.17) is 5.73 Å². The number of anilines is 1. The van der Waals surface area contributed by atoms with Crippen LogP contribution in [0, 0.1) is 19.7 Å². The van der Waals surface area contributed by atoms with Crippen molar-refractivity contribution in [3.8, 4) is 0 Å². The highest BCUT2D eigenvalue weighted by Gasteiger charge is 2.16. The lowest BCUT2D eigenvalue weighted by Crippen LogP contribution is -2.09. The lowest BCUT2D eigenvalue weighted by Gasteiger charge is -2.08. The topological polar surface area (TPSA) is 60.2 Å². The Morgan fingerprint density at radius 1 is 1.00 bits per heavy atom. The van der Waals surface area contributed by atoms with Gasteiger partial charge in [-0.15, -0.1) is 0 Å². The Hall–Kier alpha value is -1.88. The molecule has 0 saturated heterocycles. The third kappa shape index (κ3) is 4.29. The van der Waals surface area contributed by atoms with Gasteiger partial charge in [0, 0.05) is 11.3 Å². The fourth-order valence-corrected chi connectivity index (χ4v) is 3.86. The number of nitrogens with two attached hydrogens (primary N) is 1. The minimum absolute atomic E-state index is 0.0979. The predicted octanol–water partition coefficient (Wildman–Crippen LogP) is 3.14. The van der Waals surface area contributed by atoms with Crippen LogP contribution in [-0.4, -0.2) is 8.42 Å². The Morgan fingerprint density at radius 2 is 1.62 bits per heavy atom. The van der Waals surface area contributed by atoms with Gasteiger partial charge in [0.1, 0.15) is 5.82 Å². The Kier molecular flexibility index (Phi) is 4.32. The quantitative estimate of drug-likeness (QED) is 0.883. The number of benzene rings is 2. The van der Waals surface area contributed by atoms with Gasteiger partial charge in [0.25, 0.3) is 0 Å². The third-order valence-electron chi connectivity index (χ3n) is 3.12. The van der Waals surface area contributed by atoms with E-state index >= 15 is 0 Å². The van der Waals surface area contributed by atoms with Crippen molar-refractivity contribution in [2.24, 2.45) is 0 Å². The van der Waals surface area contributed by atoms with E-state index in [1.165, 1.54) is 12.1 Å². The van der Waals surface area contributed by atoms with Crippen LogP contribution in [0.4, 0.5) is 10.1 Å². The normalized spacial score (nSPS) is 11.6. The second-order valence-corrected chi connectivity index (χ2v) is 7.44. The zero-order chi connectivity index (χ0) is 15.6. The van der Waals surface area contributed by atoms with Gasteiger partial charge < -0.3 is 5.73 Å². The second-order valence-electron chi connectivity index (χ2n) is 5.38. The fraction of sp³-hybridized carbons (Fsp3) is 0.250. The Balaban J connectivity index is 2.22. The van der Waals surface area contributed by atoms with E-state index in [1.54, 1.807) is 0 Å². The molecule has 2 N–H and O–H groups in total. The van der Waals surface area contributed by atoms with Crippen LogP contribution in [0.15, 0.2) is 36.4 Å². The number of hydrogen-bond acceptors (Lipinski definition) is 3. The summed E-state index contributed by atoms with van der Waals surface area (Å²) < 4.78 is 38.2. The van der Waals surface area contributed by atoms with Crippen molar-refractivity contribution in [2.75, 3.05) is 5.73 Å². The summed E-state index contributed by atoms with van der Waals surface area (Å²) in [6, 6.07) is 9.72. The average Bonchev–Trinajstić information content (AvgIpc) is 2.30. The zero-order valence-corrected chi connectivity index (χ0v) is 12.9. The molecule has 0 aromatic heterocycles. The van der Waals surface area contributed by atoms with Crippen LogP contribution in [0.3, 0.4) is 0 Å². The lowest BCUT2D eigenvalue weighted by molar-refractivity contribution is 0.586. The minimum Gasteiger partial charge on any atom is -0.399 e. The molecule has 0 amide bonds. The molecule has 0 aliphatic carbocycles. The molecule has 0 spiro atoms. The van der Waals surface area contributed by atoms with Crippen molar-refractivity contribution in [3.63, 3.8) is 0 Å². The number of hydrogen-bond donors (Lipinski definition) is 1. The van der Waals surface area contributed by atoms with Crippen molar-refractivity contribution in [1.29, 1.82) is 0 Å². The van der Waals surface area contributed by atoms with Gasteiger partial charge >= 0.3 is 0 Å². The van der Waals surface area contributed by atoms with Crippen LogP contribution >= 0.6 is 0 Å². The first kappa shape index (κ1) is 15.5. The third-order valence-corrected chi connectivity index (χ3v) is 4.64. The molecule has 21 heavy (non-hydrogen) atoms. The van der Waals surface area contributed by atoms with E-state index in [1.807, 2.05) is 32.0 Å². The molecule has 2 rings (SSSR count). The van der Waals surface area contributed by atoms with E-state index < -0.39 is 15.7 Å². The summed E-state index contributed by atoms with van der Waals surface area (Å²) in [6.45, 7) is 3.84. The van der Waals surface area contributed by atoms with Gasteiger partial charge in [0.2, 0.25) is 0 Å². The van der Waals surface area contributed by atoms with Gasteiger partial charge in [0.05, 0.1) is 11.5 Å². The molecule has 0 atom stereocenters. The lowest BCUT2D eigenvalue weighted by atomic mass is 10.1. The van der Waals surface area contributed by atoms with Gasteiger partial charge in [-0.3, -0.25) is 0 Å². The second kappa shape index (κ2) is 5.85. The van der Waals surface area contributed by atoms with Crippen molar-refractivity contribution >= 4 is 15.5 Å². The molecule has 0 unspecified atom stereocenters. The zero-order valence-electron chi connectivity index (χ0n) is 12.1. The Labute approximate surface area is 124 Å². The maximum Gasteiger partial charge on any atom is 0.158 e. The van der Waals surface area contributed by atoms with Crippen LogP contribution in [0.5, 0.6) is 0 Å². The largest absolute Gasteiger partial charge is 0.399 e. The van der Waals surface area contributed by atoms with Crippen molar-refractivity contribution < 1.29 is 12.8 Å². The van der Waals surface area contributed by atoms with Crippen LogP contribution in [0.1, 0.15) is 22.3 Å². The molecule has 0 radical (unpaired) electrons. The number of nitrogen functional groups attached to an aromatic ring is 1. The highest BCUT2D eigenvalue weighted by molar-refractivity contribution is 7.89. The minimum atomic E-state index is -3.44. The average molecular weight is 307 g/mol. The van der Waals surface area contributed by atoms with Gasteiger partial charge in [-0.25, -0.2) is 12.8 Å². The monoisotopic (exact) mass is 307 g/mol. The maximum absolute atomic E-state index is 13.7. The van der Waals surface area contributed by atoms with Gasteiger partial charge in [-0.2, -0.15) is 0 Å². The standard InChI is InChI=1S/C16H18FNO2S/c1-11-5-12(2)7-13(6-11)9-21(19,20)10-14-3-4-15(18)8-16(14)17/h3-8H,9-10,18H2,1-2H3. The SMILES string of the molecule is Cc1cc(C)cc(CS(=O)(=O)Cc2ccc(N)cc2F)c1. The molecule has 0 saturated carbocycles. The first-order valence-electron chi connectivity index (χ1n) is 6.57. The molecule has 3 nitrogen and oxygen atoms in total. The molecule has 2 aromatic rings. The molecular weight excluding hydrogens is 289 g/mol. The van der Waals surface area contributed by atoms with Gasteiger partial charge in [-0.1, -0.05) is 35.4 Å². The molecule has 5 heteroatoms. The van der Waals surface area contributed by atoms with E-state index in [2.05, 4.69) is 0 Å².